The molecule has 6 rings (SSSR count). The summed E-state index contributed by atoms with van der Waals surface area (Å²) in [4.78, 5) is 62.4. The van der Waals surface area contributed by atoms with Gasteiger partial charge < -0.3 is 31.2 Å². The maximum atomic E-state index is 13.7. The summed E-state index contributed by atoms with van der Waals surface area (Å²) in [6.07, 6.45) is 3.36. The van der Waals surface area contributed by atoms with E-state index < -0.39 is 46.1 Å². The molecule has 1 aromatic carbocycles. The Morgan fingerprint density at radius 2 is 1.98 bits per heavy atom. The molecule has 3 aromatic heterocycles. The number of nitrogen functional groups attached to an aromatic ring is 1. The predicted molar refractivity (Wildman–Crippen MR) is 186 cm³/mol. The summed E-state index contributed by atoms with van der Waals surface area (Å²) in [5.74, 6) is -3.82. The number of H-pyrrole nitrogens is 1. The summed E-state index contributed by atoms with van der Waals surface area (Å²) in [5, 5.41) is 50.8. The number of rotatable bonds is 13. The van der Waals surface area contributed by atoms with E-state index in [0.717, 1.165) is 22.5 Å². The highest BCUT2D eigenvalue weighted by atomic mass is 35.5. The van der Waals surface area contributed by atoms with Crippen LogP contribution in [0.2, 0.25) is 5.02 Å². The third-order valence-corrected chi connectivity index (χ3v) is 10.6. The van der Waals surface area contributed by atoms with Gasteiger partial charge in [0.1, 0.15) is 5.69 Å². The fraction of sp³-hybridized carbons (Fsp3) is 0.290. The van der Waals surface area contributed by atoms with Gasteiger partial charge in [-0.25, -0.2) is 14.3 Å². The molecule has 52 heavy (non-hydrogen) atoms. The highest BCUT2D eigenvalue weighted by Gasteiger charge is 2.54. The minimum atomic E-state index is -1.74. The second-order valence-electron chi connectivity index (χ2n) is 12.1. The topological polar surface area (TPSA) is 263 Å². The van der Waals surface area contributed by atoms with Crippen molar-refractivity contribution in [1.29, 1.82) is 0 Å². The average Bonchev–Trinajstić information content (AvgIpc) is 3.81. The highest BCUT2D eigenvalue weighted by Crippen LogP contribution is 2.47. The van der Waals surface area contributed by atoms with Crippen LogP contribution in [0.1, 0.15) is 47.7 Å². The van der Waals surface area contributed by atoms with Crippen LogP contribution in [0.5, 0.6) is 11.5 Å². The van der Waals surface area contributed by atoms with E-state index in [1.807, 2.05) is 4.57 Å². The maximum Gasteiger partial charge on any atom is 0.350 e. The highest BCUT2D eigenvalue weighted by molar-refractivity contribution is 8.00. The van der Waals surface area contributed by atoms with E-state index in [4.69, 9.17) is 22.2 Å². The van der Waals surface area contributed by atoms with Crippen LogP contribution in [-0.2, 0) is 32.3 Å². The third kappa shape index (κ3) is 7.25. The number of aromatic hydroxyl groups is 2. The van der Waals surface area contributed by atoms with Gasteiger partial charge in [0.2, 0.25) is 17.3 Å². The monoisotopic (exact) mass is 769 g/mol. The minimum Gasteiger partial charge on any atom is -0.504 e. The lowest BCUT2D eigenvalue weighted by Crippen LogP contribution is -2.61. The number of thiazole rings is 1. The number of fused-ring (bicyclic) bond motifs is 1. The molecular formula is C31H30ClN10O8S2+. The second kappa shape index (κ2) is 14.6. The molecule has 7 N–H and O–H groups in total. The summed E-state index contributed by atoms with van der Waals surface area (Å²) in [7, 11) is 0. The number of aromatic amines is 1. The van der Waals surface area contributed by atoms with Crippen molar-refractivity contribution in [3.8, 4) is 11.5 Å². The Labute approximate surface area is 307 Å². The number of aromatic nitrogens is 6. The quantitative estimate of drug-likeness (QED) is 0.0372. The van der Waals surface area contributed by atoms with E-state index in [1.165, 1.54) is 43.1 Å². The number of phenols is 2. The van der Waals surface area contributed by atoms with Gasteiger partial charge in [0.25, 0.3) is 5.91 Å². The summed E-state index contributed by atoms with van der Waals surface area (Å²) >= 11 is 8.54. The van der Waals surface area contributed by atoms with Crippen molar-refractivity contribution in [2.24, 2.45) is 11.1 Å². The number of Topliss-reactive ketones (excluding diaryl/α,β-unsaturated/α-hetero) is 1. The number of anilines is 1. The molecule has 0 aliphatic carbocycles. The van der Waals surface area contributed by atoms with E-state index in [1.54, 1.807) is 29.4 Å². The minimum absolute atomic E-state index is 0.0103. The standard InChI is InChI=1S/C31H29ClN10O8S2/c1-31(2,29(48)49)50-38-22(18-13-52-30(33)35-18)20(44)9-17-27(47)42-23(25-36-39-40-37-25)15(12-51-28(17)42)11-41-7-5-14(6-8-41)10-34-26(46)16-3-4-19(43)24(45)21(16)32/h3-8,13,17,28H,9-12H2,1-2H3,(H6-,33,34,35,36,37,38,39,40,43,44,45,46,48,49)/p+1/t17-,28-/m1/s1. The lowest BCUT2D eigenvalue weighted by Gasteiger charge is -2.49. The van der Waals surface area contributed by atoms with E-state index in [0.29, 0.717) is 18.0 Å². The van der Waals surface area contributed by atoms with Crippen LogP contribution in [0, 0.1) is 5.92 Å². The average molecular weight is 770 g/mol. The van der Waals surface area contributed by atoms with Crippen LogP contribution in [0.4, 0.5) is 5.13 Å². The number of phenolic OH excluding ortho intramolecular Hbond substituents is 2. The summed E-state index contributed by atoms with van der Waals surface area (Å²) in [6, 6.07) is 6.09. The number of halogens is 1. The number of oxime groups is 1. The Morgan fingerprint density at radius 3 is 2.63 bits per heavy atom. The number of nitrogens with two attached hydrogens (primary N) is 1. The smallest absolute Gasteiger partial charge is 0.350 e. The van der Waals surface area contributed by atoms with Gasteiger partial charge in [-0.05, 0) is 36.8 Å². The number of β-lactam (4-membered cyclic amide) rings is 1. The first-order chi connectivity index (χ1) is 24.7. The van der Waals surface area contributed by atoms with Crippen LogP contribution in [0.3, 0.4) is 0 Å². The molecule has 1 saturated heterocycles. The molecule has 0 saturated carbocycles. The summed E-state index contributed by atoms with van der Waals surface area (Å²) < 4.78 is 1.88. The number of hydrogen-bond donors (Lipinski definition) is 6. The number of carbonyl (C=O) groups excluding carboxylic acids is 3. The van der Waals surface area contributed by atoms with Crippen LogP contribution in [0.25, 0.3) is 5.70 Å². The number of ketones is 1. The lowest BCUT2D eigenvalue weighted by atomic mass is 9.89. The van der Waals surface area contributed by atoms with Crippen LogP contribution in [0.15, 0.2) is 52.8 Å². The van der Waals surface area contributed by atoms with Crippen molar-refractivity contribution in [2.75, 3.05) is 11.5 Å². The van der Waals surface area contributed by atoms with E-state index in [2.05, 4.69) is 36.1 Å². The largest absolute Gasteiger partial charge is 0.504 e. The number of carboxylic acid groups (broad SMARTS) is 1. The number of pyridine rings is 1. The number of carbonyl (C=O) groups is 4. The molecule has 270 valence electrons. The SMILES string of the molecule is CC(C)(O/N=C(\C(=O)C[C@@H]1C(=O)N2C(c3nn[nH]n3)=C(C[n+]3ccc(CNC(=O)c4ccc(O)c(O)c4Cl)cc3)CS[C@H]12)c1csc(N)n1)C(=O)O. The molecule has 2 atom stereocenters. The van der Waals surface area contributed by atoms with Gasteiger partial charge in [0, 0.05) is 41.8 Å². The van der Waals surface area contributed by atoms with E-state index in [9.17, 15) is 34.5 Å². The molecule has 2 aliphatic heterocycles. The van der Waals surface area contributed by atoms with Crippen molar-refractivity contribution in [3.05, 3.63) is 75.3 Å². The number of nitrogens with zero attached hydrogens (tertiary/aromatic N) is 7. The molecule has 0 bridgehead atoms. The number of thioether (sulfide) groups is 1. The first-order valence-corrected chi connectivity index (χ1v) is 17.7. The van der Waals surface area contributed by atoms with Gasteiger partial charge in [-0.1, -0.05) is 16.8 Å². The van der Waals surface area contributed by atoms with Gasteiger partial charge in [0.05, 0.1) is 27.6 Å². The Bertz CT molecular complexity index is 2120. The zero-order valence-electron chi connectivity index (χ0n) is 27.3. The molecule has 0 radical (unpaired) electrons. The molecule has 1 fully saturated rings. The molecule has 2 aliphatic rings. The summed E-state index contributed by atoms with van der Waals surface area (Å²) in [6.45, 7) is 3.07. The van der Waals surface area contributed by atoms with Gasteiger partial charge in [-0.15, -0.1) is 33.3 Å². The molecule has 0 unspecified atom stereocenters. The number of carboxylic acids is 1. The Hall–Kier alpha value is -5.60. The zero-order valence-corrected chi connectivity index (χ0v) is 29.7. The number of nitrogens with one attached hydrogen (secondary N) is 2. The molecule has 21 heteroatoms. The van der Waals surface area contributed by atoms with Gasteiger partial charge >= 0.3 is 5.97 Å². The molecule has 18 nitrogen and oxygen atoms in total. The van der Waals surface area contributed by atoms with Crippen molar-refractivity contribution in [2.45, 2.75) is 44.3 Å². The first kappa shape index (κ1) is 36.2. The van der Waals surface area contributed by atoms with Gasteiger partial charge in [-0.2, -0.15) is 5.21 Å². The Morgan fingerprint density at radius 1 is 1.23 bits per heavy atom. The van der Waals surface area contributed by atoms with Crippen LogP contribution >= 0.6 is 34.7 Å². The Kier molecular flexibility index (Phi) is 10.1. The number of benzene rings is 1. The van der Waals surface area contributed by atoms with Crippen molar-refractivity contribution >= 4 is 74.8 Å². The van der Waals surface area contributed by atoms with Crippen molar-refractivity contribution < 1.29 is 43.9 Å². The van der Waals surface area contributed by atoms with E-state index in [-0.39, 0.29) is 51.8 Å². The molecular weight excluding hydrogens is 740 g/mol. The van der Waals surface area contributed by atoms with Crippen molar-refractivity contribution in [3.63, 3.8) is 0 Å². The van der Waals surface area contributed by atoms with Gasteiger partial charge in [-0.3, -0.25) is 19.3 Å². The molecule has 5 heterocycles. The van der Waals surface area contributed by atoms with Crippen molar-refractivity contribution in [1.82, 2.24) is 35.8 Å². The maximum absolute atomic E-state index is 13.7. The lowest BCUT2D eigenvalue weighted by molar-refractivity contribution is -0.688. The number of aliphatic carboxylic acids is 1. The second-order valence-corrected chi connectivity index (χ2v) is 14.5. The number of tetrazole rings is 1. The fourth-order valence-electron chi connectivity index (χ4n) is 5.28. The van der Waals surface area contributed by atoms with E-state index >= 15 is 0 Å². The molecule has 0 spiro atoms. The van der Waals surface area contributed by atoms with Crippen LogP contribution in [-0.4, -0.2) is 91.8 Å². The molecule has 4 aromatic rings. The van der Waals surface area contributed by atoms with Gasteiger partial charge in [0.15, 0.2) is 47.1 Å². The number of hydrogen-bond acceptors (Lipinski definition) is 15. The number of amides is 2. The third-order valence-electron chi connectivity index (χ3n) is 8.15. The normalized spacial score (nSPS) is 17.4. The predicted octanol–water partition coefficient (Wildman–Crippen LogP) is 1.71. The molecule has 2 amide bonds. The first-order valence-electron chi connectivity index (χ1n) is 15.4. The fourth-order valence-corrected chi connectivity index (χ4v) is 7.48. The summed E-state index contributed by atoms with van der Waals surface area (Å²) in [5.41, 5.74) is 5.96. The van der Waals surface area contributed by atoms with Crippen LogP contribution < -0.4 is 15.6 Å². The zero-order chi connectivity index (χ0) is 37.3. The Balaban J connectivity index is 1.16.